The zero-order valence-corrected chi connectivity index (χ0v) is 20.5. The van der Waals surface area contributed by atoms with Gasteiger partial charge in [-0.3, -0.25) is 9.59 Å². The highest BCUT2D eigenvalue weighted by Gasteiger charge is 2.20. The van der Waals surface area contributed by atoms with E-state index in [1.807, 2.05) is 18.2 Å². The van der Waals surface area contributed by atoms with Crippen molar-refractivity contribution in [2.24, 2.45) is 0 Å². The van der Waals surface area contributed by atoms with E-state index in [4.69, 9.17) is 21.1 Å². The van der Waals surface area contributed by atoms with Crippen molar-refractivity contribution in [2.45, 2.75) is 12.1 Å². The average Bonchev–Trinajstić information content (AvgIpc) is 3.48. The number of benzene rings is 2. The van der Waals surface area contributed by atoms with Crippen LogP contribution < -0.4 is 15.0 Å². The minimum atomic E-state index is -0.580. The van der Waals surface area contributed by atoms with E-state index in [-0.39, 0.29) is 34.7 Å². The number of fused-ring (bicyclic) bond motifs is 1. The number of halogens is 1. The monoisotopic (exact) mass is 522 g/mol. The molecule has 2 aromatic carbocycles. The van der Waals surface area contributed by atoms with E-state index in [2.05, 4.69) is 15.0 Å². The van der Waals surface area contributed by atoms with Crippen molar-refractivity contribution >= 4 is 40.5 Å². The molecule has 0 saturated carbocycles. The summed E-state index contributed by atoms with van der Waals surface area (Å²) in [6, 6.07) is 14.2. The van der Waals surface area contributed by atoms with E-state index in [0.717, 1.165) is 22.3 Å². The third-order valence-corrected chi connectivity index (χ3v) is 7.51. The largest absolute Gasteiger partial charge is 0.454 e. The number of ether oxygens (including phenoxy) is 2. The van der Waals surface area contributed by atoms with Crippen LogP contribution in [-0.4, -0.2) is 33.3 Å². The van der Waals surface area contributed by atoms with Gasteiger partial charge in [-0.15, -0.1) is 11.3 Å². The number of carbonyl (C=O) groups is 1. The number of H-pyrrole nitrogens is 1. The molecule has 11 heteroatoms. The molecule has 2 aromatic heterocycles. The van der Waals surface area contributed by atoms with Crippen LogP contribution in [-0.2, 0) is 0 Å². The molecule has 4 aromatic rings. The smallest absolute Gasteiger partial charge is 0.270 e. The van der Waals surface area contributed by atoms with E-state index >= 15 is 0 Å². The minimum absolute atomic E-state index is 0.0402. The summed E-state index contributed by atoms with van der Waals surface area (Å²) in [6.45, 7) is 1.89. The Labute approximate surface area is 212 Å². The molecule has 8 nitrogen and oxygen atoms in total. The lowest BCUT2D eigenvalue weighted by Gasteiger charge is -2.07. The van der Waals surface area contributed by atoms with Crippen molar-refractivity contribution < 1.29 is 14.3 Å². The molecule has 0 amide bonds. The first-order valence-electron chi connectivity index (χ1n) is 10.3. The van der Waals surface area contributed by atoms with Crippen molar-refractivity contribution in [3.63, 3.8) is 0 Å². The average molecular weight is 523 g/mol. The van der Waals surface area contributed by atoms with Crippen molar-refractivity contribution in [3.05, 3.63) is 74.0 Å². The Morgan fingerprint density at radius 2 is 1.91 bits per heavy atom. The Bertz CT molecular complexity index is 1560. The number of hydrogen-bond donors (Lipinski definition) is 1. The third kappa shape index (κ3) is 4.66. The maximum atomic E-state index is 13.0. The van der Waals surface area contributed by atoms with Gasteiger partial charge in [0.25, 0.3) is 5.56 Å². The molecular formula is C24H15ClN4O4S2. The summed E-state index contributed by atoms with van der Waals surface area (Å²) in [5.41, 5.74) is 1.56. The van der Waals surface area contributed by atoms with E-state index in [1.54, 1.807) is 37.3 Å². The number of nitrogens with zero attached hydrogens (tertiary/aromatic N) is 3. The molecule has 174 valence electrons. The van der Waals surface area contributed by atoms with Crippen LogP contribution in [0.25, 0.3) is 21.8 Å². The molecule has 35 heavy (non-hydrogen) atoms. The van der Waals surface area contributed by atoms with Crippen molar-refractivity contribution in [1.29, 1.82) is 5.26 Å². The summed E-state index contributed by atoms with van der Waals surface area (Å²) >= 11 is 8.35. The molecule has 1 N–H and O–H groups in total. The Hall–Kier alpha value is -3.65. The molecule has 0 fully saturated rings. The molecule has 3 heterocycles. The normalized spacial score (nSPS) is 11.9. The van der Waals surface area contributed by atoms with Crippen LogP contribution >= 0.6 is 34.7 Å². The van der Waals surface area contributed by atoms with Gasteiger partial charge in [-0.2, -0.15) is 5.26 Å². The zero-order chi connectivity index (χ0) is 24.5. The Morgan fingerprint density at radius 3 is 2.69 bits per heavy atom. The van der Waals surface area contributed by atoms with E-state index in [0.29, 0.717) is 32.7 Å². The first kappa shape index (κ1) is 23.1. The molecule has 0 spiro atoms. The number of hydrogen-bond acceptors (Lipinski definition) is 9. The number of Topliss-reactive ketones (excluding diaryl/α,β-unsaturated/α-hetero) is 1. The highest BCUT2D eigenvalue weighted by atomic mass is 35.5. The van der Waals surface area contributed by atoms with Gasteiger partial charge < -0.3 is 14.5 Å². The number of thiazole rings is 1. The van der Waals surface area contributed by atoms with E-state index < -0.39 is 5.56 Å². The second-order valence-electron chi connectivity index (χ2n) is 7.43. The number of rotatable bonds is 6. The second-order valence-corrected chi connectivity index (χ2v) is 9.83. The SMILES string of the molecule is Cc1nc(-c2ccc(Cl)cc2)sc1C(=O)CSc1nc(-c2ccc3c(c2)OCO3)c(C#N)c(=O)[nH]1. The number of nitriles is 1. The van der Waals surface area contributed by atoms with Gasteiger partial charge in [-0.25, -0.2) is 9.97 Å². The van der Waals surface area contributed by atoms with Crippen molar-refractivity contribution in [1.82, 2.24) is 15.0 Å². The predicted octanol–water partition coefficient (Wildman–Crippen LogP) is 5.10. The first-order chi connectivity index (χ1) is 16.9. The lowest BCUT2D eigenvalue weighted by molar-refractivity contribution is 0.102. The number of nitrogens with one attached hydrogen (secondary N) is 1. The summed E-state index contributed by atoms with van der Waals surface area (Å²) in [4.78, 5) is 37.6. The molecule has 0 bridgehead atoms. The number of carbonyl (C=O) groups excluding carboxylic acids is 1. The summed E-state index contributed by atoms with van der Waals surface area (Å²) in [5, 5.41) is 11.1. The maximum Gasteiger partial charge on any atom is 0.270 e. The summed E-state index contributed by atoms with van der Waals surface area (Å²) in [6.07, 6.45) is 0. The fourth-order valence-electron chi connectivity index (χ4n) is 3.45. The van der Waals surface area contributed by atoms with Gasteiger partial charge >= 0.3 is 0 Å². The Balaban J connectivity index is 1.38. The topological polar surface area (TPSA) is 118 Å². The van der Waals surface area contributed by atoms with Gasteiger partial charge in [0.15, 0.2) is 22.4 Å². The minimum Gasteiger partial charge on any atom is -0.454 e. The van der Waals surface area contributed by atoms with Crippen LogP contribution in [0.5, 0.6) is 11.5 Å². The Kier molecular flexibility index (Phi) is 6.30. The number of aryl methyl sites for hydroxylation is 1. The highest BCUT2D eigenvalue weighted by molar-refractivity contribution is 7.99. The summed E-state index contributed by atoms with van der Waals surface area (Å²) in [7, 11) is 0. The molecule has 0 saturated heterocycles. The highest BCUT2D eigenvalue weighted by Crippen LogP contribution is 2.36. The van der Waals surface area contributed by atoms with Crippen molar-refractivity contribution in [3.8, 4) is 39.4 Å². The van der Waals surface area contributed by atoms with Gasteiger partial charge in [-0.05, 0) is 37.3 Å². The van der Waals surface area contributed by atoms with Gasteiger partial charge in [0, 0.05) is 16.1 Å². The fraction of sp³-hybridized carbons (Fsp3) is 0.125. The number of ketones is 1. The van der Waals surface area contributed by atoms with Gasteiger partial charge in [0.05, 0.1) is 22.0 Å². The maximum absolute atomic E-state index is 13.0. The van der Waals surface area contributed by atoms with E-state index in [1.165, 1.54) is 11.3 Å². The quantitative estimate of drug-likeness (QED) is 0.211. The van der Waals surface area contributed by atoms with Crippen LogP contribution in [0, 0.1) is 18.3 Å². The van der Waals surface area contributed by atoms with Crippen LogP contribution in [0.1, 0.15) is 20.9 Å². The first-order valence-corrected chi connectivity index (χ1v) is 12.4. The molecule has 0 aliphatic carbocycles. The molecule has 0 radical (unpaired) electrons. The molecule has 1 aliphatic heterocycles. The lowest BCUT2D eigenvalue weighted by Crippen LogP contribution is -2.15. The van der Waals surface area contributed by atoms with E-state index in [9.17, 15) is 14.9 Å². The molecule has 1 aliphatic rings. The predicted molar refractivity (Wildman–Crippen MR) is 133 cm³/mol. The standard InChI is InChI=1S/C24H15ClN4O4S2/c1-12-21(35-23(27-12)13-2-5-15(25)6-3-13)17(30)10-34-24-28-20(16(9-26)22(31)29-24)14-4-7-18-19(8-14)33-11-32-18/h2-8H,10-11H2,1H3,(H,28,29,31). The Morgan fingerprint density at radius 1 is 1.17 bits per heavy atom. The second kappa shape index (κ2) is 9.54. The zero-order valence-electron chi connectivity index (χ0n) is 18.1. The van der Waals surface area contributed by atoms with Crippen LogP contribution in [0.15, 0.2) is 52.4 Å². The van der Waals surface area contributed by atoms with Crippen molar-refractivity contribution in [2.75, 3.05) is 12.5 Å². The number of aromatic amines is 1. The van der Waals surface area contributed by atoms with Crippen LogP contribution in [0.2, 0.25) is 5.02 Å². The van der Waals surface area contributed by atoms with Gasteiger partial charge in [-0.1, -0.05) is 35.5 Å². The molecule has 0 unspecified atom stereocenters. The van der Waals surface area contributed by atoms with Gasteiger partial charge in [0.2, 0.25) is 6.79 Å². The number of aromatic nitrogens is 3. The third-order valence-electron chi connectivity index (χ3n) is 5.14. The molecule has 5 rings (SSSR count). The fourth-order valence-corrected chi connectivity index (χ4v) is 5.41. The summed E-state index contributed by atoms with van der Waals surface area (Å²) < 4.78 is 10.7. The number of thioether (sulfide) groups is 1. The summed E-state index contributed by atoms with van der Waals surface area (Å²) in [5.74, 6) is 0.991. The van der Waals surface area contributed by atoms with Crippen LogP contribution in [0.3, 0.4) is 0 Å². The van der Waals surface area contributed by atoms with Gasteiger partial charge in [0.1, 0.15) is 16.6 Å². The lowest BCUT2D eigenvalue weighted by atomic mass is 10.1. The van der Waals surface area contributed by atoms with Crippen LogP contribution in [0.4, 0.5) is 0 Å². The molecule has 0 atom stereocenters. The molecular weight excluding hydrogens is 508 g/mol.